The van der Waals surface area contributed by atoms with Crippen LogP contribution in [0.5, 0.6) is 0 Å². The van der Waals surface area contributed by atoms with Crippen LogP contribution in [0.4, 0.5) is 5.69 Å². The third-order valence-corrected chi connectivity index (χ3v) is 7.93. The molecule has 0 aliphatic carbocycles. The first-order chi connectivity index (χ1) is 16.4. The van der Waals surface area contributed by atoms with Gasteiger partial charge in [-0.1, -0.05) is 29.3 Å². The number of carbonyl (C=O) groups excluding carboxylic acids is 1. The fourth-order valence-corrected chi connectivity index (χ4v) is 5.93. The third kappa shape index (κ3) is 4.64. The van der Waals surface area contributed by atoms with Crippen molar-refractivity contribution in [3.63, 3.8) is 0 Å². The van der Waals surface area contributed by atoms with Crippen LogP contribution in [0.2, 0.25) is 10.0 Å². The lowest BCUT2D eigenvalue weighted by molar-refractivity contribution is -0.137. The number of rotatable bonds is 4. The van der Waals surface area contributed by atoms with Gasteiger partial charge >= 0.3 is 0 Å². The summed E-state index contributed by atoms with van der Waals surface area (Å²) in [5.74, 6) is 0.389. The van der Waals surface area contributed by atoms with Gasteiger partial charge in [-0.2, -0.15) is 0 Å². The van der Waals surface area contributed by atoms with Crippen molar-refractivity contribution < 1.29 is 4.79 Å². The Kier molecular flexibility index (Phi) is 6.74. The quantitative estimate of drug-likeness (QED) is 0.540. The van der Waals surface area contributed by atoms with Crippen LogP contribution in [0, 0.1) is 5.92 Å². The maximum atomic E-state index is 13.0. The van der Waals surface area contributed by atoms with Crippen molar-refractivity contribution in [1.29, 1.82) is 0 Å². The molecule has 0 radical (unpaired) electrons. The zero-order valence-electron chi connectivity index (χ0n) is 19.5. The molecule has 1 amide bonds. The SMILES string of the molecule is CC(c1ccc(Cl)cc1Cl)n1cnc2ccc(N3CCC(C(=O)N4CCCC(N)C4)CC3)cc21. The number of benzene rings is 2. The summed E-state index contributed by atoms with van der Waals surface area (Å²) in [5.41, 5.74) is 10.3. The number of hydrogen-bond donors (Lipinski definition) is 1. The van der Waals surface area contributed by atoms with E-state index >= 15 is 0 Å². The van der Waals surface area contributed by atoms with E-state index in [2.05, 4.69) is 39.6 Å². The Morgan fingerprint density at radius 3 is 2.62 bits per heavy atom. The van der Waals surface area contributed by atoms with E-state index in [9.17, 15) is 4.79 Å². The topological polar surface area (TPSA) is 67.4 Å². The molecular weight excluding hydrogens is 469 g/mol. The van der Waals surface area contributed by atoms with Crippen LogP contribution in [0.1, 0.15) is 44.2 Å². The van der Waals surface area contributed by atoms with Gasteiger partial charge in [0, 0.05) is 53.9 Å². The van der Waals surface area contributed by atoms with Gasteiger partial charge in [-0.05, 0) is 68.5 Å². The van der Waals surface area contributed by atoms with Crippen LogP contribution >= 0.6 is 23.2 Å². The smallest absolute Gasteiger partial charge is 0.225 e. The molecule has 2 unspecified atom stereocenters. The van der Waals surface area contributed by atoms with Gasteiger partial charge in [0.25, 0.3) is 0 Å². The van der Waals surface area contributed by atoms with E-state index in [1.54, 1.807) is 6.07 Å². The molecule has 8 heteroatoms. The molecule has 2 atom stereocenters. The standard InChI is InChI=1S/C26H31Cl2N5O/c1-17(22-6-4-19(27)13-23(22)28)33-16-30-24-7-5-21(14-25(24)33)31-11-8-18(9-12-31)26(34)32-10-2-3-20(29)15-32/h4-7,13-14,16-18,20H,2-3,8-12,15,29H2,1H3. The van der Waals surface area contributed by atoms with E-state index in [0.29, 0.717) is 16.6 Å². The highest BCUT2D eigenvalue weighted by atomic mass is 35.5. The fraction of sp³-hybridized carbons (Fsp3) is 0.462. The number of aromatic nitrogens is 2. The molecule has 0 spiro atoms. The Bertz CT molecular complexity index is 1190. The maximum absolute atomic E-state index is 13.0. The summed E-state index contributed by atoms with van der Waals surface area (Å²) in [6.07, 6.45) is 5.65. The summed E-state index contributed by atoms with van der Waals surface area (Å²) < 4.78 is 2.16. The van der Waals surface area contributed by atoms with Crippen molar-refractivity contribution in [1.82, 2.24) is 14.5 Å². The predicted molar refractivity (Wildman–Crippen MR) is 139 cm³/mol. The summed E-state index contributed by atoms with van der Waals surface area (Å²) in [4.78, 5) is 22.0. The molecule has 1 aromatic heterocycles. The van der Waals surface area contributed by atoms with Gasteiger partial charge < -0.3 is 20.1 Å². The summed E-state index contributed by atoms with van der Waals surface area (Å²) >= 11 is 12.6. The zero-order chi connectivity index (χ0) is 23.8. The van der Waals surface area contributed by atoms with Crippen LogP contribution in [0.25, 0.3) is 11.0 Å². The molecule has 2 fully saturated rings. The molecule has 2 saturated heterocycles. The minimum atomic E-state index is 0.0179. The molecule has 2 N–H and O–H groups in total. The van der Waals surface area contributed by atoms with Crippen molar-refractivity contribution in [2.75, 3.05) is 31.1 Å². The summed E-state index contributed by atoms with van der Waals surface area (Å²) in [7, 11) is 0. The number of anilines is 1. The molecule has 3 aromatic rings. The molecule has 2 aliphatic rings. The van der Waals surface area contributed by atoms with E-state index in [1.807, 2.05) is 23.4 Å². The van der Waals surface area contributed by atoms with Crippen LogP contribution in [0.15, 0.2) is 42.7 Å². The highest BCUT2D eigenvalue weighted by Gasteiger charge is 2.31. The molecule has 34 heavy (non-hydrogen) atoms. The van der Waals surface area contributed by atoms with E-state index in [1.165, 1.54) is 0 Å². The average molecular weight is 500 g/mol. The molecule has 2 aliphatic heterocycles. The number of hydrogen-bond acceptors (Lipinski definition) is 4. The molecule has 0 saturated carbocycles. The van der Waals surface area contributed by atoms with E-state index in [-0.39, 0.29) is 23.9 Å². The number of halogens is 2. The first kappa shape index (κ1) is 23.5. The Morgan fingerprint density at radius 1 is 1.09 bits per heavy atom. The molecule has 2 aromatic carbocycles. The minimum absolute atomic E-state index is 0.0179. The second-order valence-corrected chi connectivity index (χ2v) is 10.5. The van der Waals surface area contributed by atoms with Crippen LogP contribution < -0.4 is 10.6 Å². The number of fused-ring (bicyclic) bond motifs is 1. The number of carbonyl (C=O) groups is 1. The predicted octanol–water partition coefficient (Wildman–Crippen LogP) is 5.12. The van der Waals surface area contributed by atoms with Crippen molar-refractivity contribution in [3.05, 3.63) is 58.3 Å². The lowest BCUT2D eigenvalue weighted by atomic mass is 9.93. The zero-order valence-corrected chi connectivity index (χ0v) is 21.0. The Morgan fingerprint density at radius 2 is 1.88 bits per heavy atom. The molecule has 3 heterocycles. The summed E-state index contributed by atoms with van der Waals surface area (Å²) in [6.45, 7) is 5.41. The monoisotopic (exact) mass is 499 g/mol. The number of piperidine rings is 2. The lowest BCUT2D eigenvalue weighted by Crippen LogP contribution is -2.49. The van der Waals surface area contributed by atoms with Crippen LogP contribution in [-0.2, 0) is 4.79 Å². The Balaban J connectivity index is 1.31. The van der Waals surface area contributed by atoms with E-state index < -0.39 is 0 Å². The lowest BCUT2D eigenvalue weighted by Gasteiger charge is -2.37. The van der Waals surface area contributed by atoms with Crippen molar-refractivity contribution in [3.8, 4) is 0 Å². The second kappa shape index (κ2) is 9.76. The fourth-order valence-electron chi connectivity index (χ4n) is 5.36. The van der Waals surface area contributed by atoms with E-state index in [0.717, 1.165) is 67.6 Å². The molecule has 0 bridgehead atoms. The maximum Gasteiger partial charge on any atom is 0.225 e. The molecule has 5 rings (SSSR count). The number of likely N-dealkylation sites (tertiary alicyclic amines) is 1. The summed E-state index contributed by atoms with van der Waals surface area (Å²) in [6, 6.07) is 12.2. The Labute approximate surface area is 210 Å². The Hall–Kier alpha value is -2.28. The normalized spacial score (nSPS) is 20.6. The number of amides is 1. The average Bonchev–Trinajstić information content (AvgIpc) is 3.27. The highest BCUT2D eigenvalue weighted by molar-refractivity contribution is 6.35. The highest BCUT2D eigenvalue weighted by Crippen LogP contribution is 2.33. The van der Waals surface area contributed by atoms with Gasteiger partial charge in [0.05, 0.1) is 23.4 Å². The van der Waals surface area contributed by atoms with Gasteiger partial charge in [-0.3, -0.25) is 4.79 Å². The van der Waals surface area contributed by atoms with Gasteiger partial charge in [0.15, 0.2) is 0 Å². The van der Waals surface area contributed by atoms with Crippen LogP contribution in [0.3, 0.4) is 0 Å². The van der Waals surface area contributed by atoms with Crippen molar-refractivity contribution >= 4 is 45.8 Å². The third-order valence-electron chi connectivity index (χ3n) is 7.37. The first-order valence-corrected chi connectivity index (χ1v) is 12.9. The van der Waals surface area contributed by atoms with Crippen molar-refractivity contribution in [2.45, 2.75) is 44.7 Å². The van der Waals surface area contributed by atoms with Crippen LogP contribution in [-0.4, -0.2) is 52.6 Å². The molecule has 6 nitrogen and oxygen atoms in total. The number of nitrogens with zero attached hydrogens (tertiary/aromatic N) is 4. The number of imidazole rings is 1. The van der Waals surface area contributed by atoms with Gasteiger partial charge in [-0.15, -0.1) is 0 Å². The number of nitrogens with two attached hydrogens (primary N) is 1. The van der Waals surface area contributed by atoms with E-state index in [4.69, 9.17) is 28.9 Å². The van der Waals surface area contributed by atoms with Gasteiger partial charge in [0.2, 0.25) is 5.91 Å². The first-order valence-electron chi connectivity index (χ1n) is 12.1. The van der Waals surface area contributed by atoms with Crippen molar-refractivity contribution in [2.24, 2.45) is 11.7 Å². The van der Waals surface area contributed by atoms with Gasteiger partial charge in [0.1, 0.15) is 0 Å². The summed E-state index contributed by atoms with van der Waals surface area (Å²) in [5, 5.41) is 1.28. The second-order valence-electron chi connectivity index (χ2n) is 9.61. The largest absolute Gasteiger partial charge is 0.371 e. The molecule has 180 valence electrons. The van der Waals surface area contributed by atoms with Gasteiger partial charge in [-0.25, -0.2) is 4.98 Å². The minimum Gasteiger partial charge on any atom is -0.371 e. The molecular formula is C26H31Cl2N5O.